The van der Waals surface area contributed by atoms with Gasteiger partial charge in [0.1, 0.15) is 23.4 Å². The zero-order valence-corrected chi connectivity index (χ0v) is 22.4. The number of nitrogens with zero attached hydrogens (tertiary/aromatic N) is 1. The molecule has 0 amide bonds. The summed E-state index contributed by atoms with van der Waals surface area (Å²) in [5.74, 6) is 0.595. The van der Waals surface area contributed by atoms with Crippen molar-refractivity contribution in [2.24, 2.45) is 0 Å². The molecule has 0 saturated carbocycles. The molecule has 0 unspecified atom stereocenters. The molecule has 0 bridgehead atoms. The number of aromatic hydroxyl groups is 1. The van der Waals surface area contributed by atoms with Gasteiger partial charge in [-0.2, -0.15) is 0 Å². The van der Waals surface area contributed by atoms with Gasteiger partial charge in [-0.05, 0) is 103 Å². The van der Waals surface area contributed by atoms with Crippen LogP contribution >= 0.6 is 0 Å². The highest BCUT2D eigenvalue weighted by Crippen LogP contribution is 2.34. The molecule has 2 aromatic carbocycles. The molecule has 38 heavy (non-hydrogen) atoms. The van der Waals surface area contributed by atoms with Crippen molar-refractivity contribution < 1.29 is 28.5 Å². The first kappa shape index (κ1) is 27.6. The Balaban J connectivity index is 1.61. The first-order chi connectivity index (χ1) is 18.2. The number of pyridine rings is 1. The molecule has 0 spiro atoms. The molecule has 4 rings (SSSR count). The van der Waals surface area contributed by atoms with Crippen molar-refractivity contribution in [1.29, 1.82) is 0 Å². The molecule has 7 nitrogen and oxygen atoms in total. The average molecular weight is 536 g/mol. The lowest BCUT2D eigenvalue weighted by Gasteiger charge is -2.20. The molecule has 1 aliphatic heterocycles. The van der Waals surface area contributed by atoms with E-state index in [2.05, 4.69) is 4.98 Å². The van der Waals surface area contributed by atoms with Crippen LogP contribution in [-0.4, -0.2) is 59.0 Å². The standard InChI is InChI=1S/C30H33NO6S/c1-20-14-22(15-21(2)30(20)34)16-23(26-10-6-7-13-31-26)11-12-27(33)29-24(19-38(35,36)28(29)17-32)18-37-25-8-4-3-5-9-25/h3-10,13-16,27-28,32-34H,11-12,17-19H2,1-2H3/b23-16-/t27-,28+/m1/s1. The van der Waals surface area contributed by atoms with Crippen LogP contribution in [-0.2, 0) is 9.84 Å². The average Bonchev–Trinajstić information content (AvgIpc) is 3.18. The monoisotopic (exact) mass is 535 g/mol. The van der Waals surface area contributed by atoms with Gasteiger partial charge in [0, 0.05) is 6.20 Å². The van der Waals surface area contributed by atoms with E-state index in [0.717, 1.165) is 28.0 Å². The van der Waals surface area contributed by atoms with Crippen molar-refractivity contribution >= 4 is 21.5 Å². The number of ether oxygens (including phenoxy) is 1. The zero-order valence-electron chi connectivity index (χ0n) is 21.5. The van der Waals surface area contributed by atoms with Gasteiger partial charge >= 0.3 is 0 Å². The van der Waals surface area contributed by atoms with Crippen LogP contribution in [0.1, 0.15) is 35.2 Å². The van der Waals surface area contributed by atoms with Crippen molar-refractivity contribution in [2.75, 3.05) is 19.0 Å². The van der Waals surface area contributed by atoms with Crippen LogP contribution in [0.15, 0.2) is 78.0 Å². The molecule has 2 atom stereocenters. The van der Waals surface area contributed by atoms with Crippen LogP contribution in [0.25, 0.3) is 11.6 Å². The first-order valence-electron chi connectivity index (χ1n) is 12.5. The minimum atomic E-state index is -3.65. The third-order valence-electron chi connectivity index (χ3n) is 6.78. The minimum absolute atomic E-state index is 0.0150. The summed E-state index contributed by atoms with van der Waals surface area (Å²) in [6.07, 6.45) is 3.21. The topological polar surface area (TPSA) is 117 Å². The van der Waals surface area contributed by atoms with Crippen LogP contribution in [0, 0.1) is 13.8 Å². The number of para-hydroxylation sites is 1. The summed E-state index contributed by atoms with van der Waals surface area (Å²) in [5.41, 5.74) is 4.80. The SMILES string of the molecule is Cc1cc(/C=C(/CC[C@@H](O)C2=C(COc3ccccc3)CS(=O)(=O)[C@H]2CO)c2ccccn2)cc(C)c1O. The van der Waals surface area contributed by atoms with Crippen LogP contribution in [0.4, 0.5) is 0 Å². The Bertz CT molecular complexity index is 1410. The van der Waals surface area contributed by atoms with E-state index in [1.165, 1.54) is 0 Å². The van der Waals surface area contributed by atoms with Gasteiger partial charge in [0.25, 0.3) is 0 Å². The first-order valence-corrected chi connectivity index (χ1v) is 14.2. The van der Waals surface area contributed by atoms with Gasteiger partial charge in [-0.1, -0.05) is 24.3 Å². The van der Waals surface area contributed by atoms with E-state index < -0.39 is 27.8 Å². The van der Waals surface area contributed by atoms with Crippen molar-refractivity contribution in [1.82, 2.24) is 4.98 Å². The smallest absolute Gasteiger partial charge is 0.163 e. The highest BCUT2D eigenvalue weighted by molar-refractivity contribution is 7.92. The molecule has 0 saturated heterocycles. The van der Waals surface area contributed by atoms with Gasteiger partial charge in [-0.3, -0.25) is 4.98 Å². The number of hydrogen-bond donors (Lipinski definition) is 3. The highest BCUT2D eigenvalue weighted by atomic mass is 32.2. The second kappa shape index (κ2) is 11.9. The fraction of sp³-hybridized carbons (Fsp3) is 0.300. The van der Waals surface area contributed by atoms with E-state index >= 15 is 0 Å². The Hall–Kier alpha value is -3.46. The maximum absolute atomic E-state index is 12.8. The van der Waals surface area contributed by atoms with Crippen LogP contribution in [0.5, 0.6) is 11.5 Å². The molecule has 2 heterocycles. The fourth-order valence-corrected chi connectivity index (χ4v) is 6.75. The van der Waals surface area contributed by atoms with E-state index in [1.807, 2.05) is 68.5 Å². The molecule has 0 radical (unpaired) electrons. The molecule has 3 aromatic rings. The number of benzene rings is 2. The number of aliphatic hydroxyl groups is 2. The lowest BCUT2D eigenvalue weighted by molar-refractivity contribution is 0.188. The summed E-state index contributed by atoms with van der Waals surface area (Å²) in [7, 11) is -3.65. The summed E-state index contributed by atoms with van der Waals surface area (Å²) in [5, 5.41) is 30.2. The molecule has 1 aromatic heterocycles. The van der Waals surface area contributed by atoms with Crippen LogP contribution in [0.2, 0.25) is 0 Å². The van der Waals surface area contributed by atoms with Gasteiger partial charge < -0.3 is 20.1 Å². The van der Waals surface area contributed by atoms with E-state index in [1.54, 1.807) is 18.3 Å². The summed E-state index contributed by atoms with van der Waals surface area (Å²) in [6, 6.07) is 18.4. The van der Waals surface area contributed by atoms with Gasteiger partial charge in [-0.25, -0.2) is 8.42 Å². The van der Waals surface area contributed by atoms with Gasteiger partial charge in [0.2, 0.25) is 0 Å². The van der Waals surface area contributed by atoms with Crippen molar-refractivity contribution in [3.63, 3.8) is 0 Å². The number of rotatable bonds is 10. The summed E-state index contributed by atoms with van der Waals surface area (Å²) in [6.45, 7) is 3.09. The van der Waals surface area contributed by atoms with Crippen molar-refractivity contribution in [3.8, 4) is 11.5 Å². The zero-order chi connectivity index (χ0) is 27.3. The number of aryl methyl sites for hydroxylation is 2. The number of phenolic OH excluding ortho intramolecular Hbond substituents is 1. The molecular formula is C30H33NO6S. The van der Waals surface area contributed by atoms with Crippen molar-refractivity contribution in [2.45, 2.75) is 38.0 Å². The molecule has 0 fully saturated rings. The third kappa shape index (κ3) is 6.32. The number of sulfone groups is 1. The largest absolute Gasteiger partial charge is 0.507 e. The predicted octanol–water partition coefficient (Wildman–Crippen LogP) is 4.25. The minimum Gasteiger partial charge on any atom is -0.507 e. The van der Waals surface area contributed by atoms with E-state index in [0.29, 0.717) is 23.3 Å². The van der Waals surface area contributed by atoms with Gasteiger partial charge in [0.05, 0.1) is 24.2 Å². The quantitative estimate of drug-likeness (QED) is 0.332. The van der Waals surface area contributed by atoms with Gasteiger partial charge in [-0.15, -0.1) is 0 Å². The Kier molecular flexibility index (Phi) is 8.66. The second-order valence-corrected chi connectivity index (χ2v) is 11.8. The number of hydrogen-bond acceptors (Lipinski definition) is 7. The fourth-order valence-electron chi connectivity index (χ4n) is 4.87. The summed E-state index contributed by atoms with van der Waals surface area (Å²) < 4.78 is 31.4. The molecule has 1 aliphatic rings. The lowest BCUT2D eigenvalue weighted by Crippen LogP contribution is -2.29. The van der Waals surface area contributed by atoms with Crippen LogP contribution in [0.3, 0.4) is 0 Å². The molecule has 0 aliphatic carbocycles. The van der Waals surface area contributed by atoms with Crippen molar-refractivity contribution in [3.05, 3.63) is 100 Å². The number of aromatic nitrogens is 1. The maximum atomic E-state index is 12.8. The third-order valence-corrected chi connectivity index (χ3v) is 8.80. The highest BCUT2D eigenvalue weighted by Gasteiger charge is 2.41. The Labute approximate surface area is 223 Å². The van der Waals surface area contributed by atoms with Gasteiger partial charge in [0.15, 0.2) is 9.84 Å². The number of aliphatic hydroxyl groups excluding tert-OH is 2. The predicted molar refractivity (Wildman–Crippen MR) is 149 cm³/mol. The maximum Gasteiger partial charge on any atom is 0.163 e. The normalized spacial score (nSPS) is 18.0. The Morgan fingerprint density at radius 1 is 1.11 bits per heavy atom. The van der Waals surface area contributed by atoms with E-state index in [9.17, 15) is 23.7 Å². The van der Waals surface area contributed by atoms with Crippen LogP contribution < -0.4 is 4.74 Å². The van der Waals surface area contributed by atoms with E-state index in [4.69, 9.17) is 4.74 Å². The second-order valence-electron chi connectivity index (χ2n) is 9.58. The summed E-state index contributed by atoms with van der Waals surface area (Å²) in [4.78, 5) is 4.48. The molecular weight excluding hydrogens is 502 g/mol. The Morgan fingerprint density at radius 3 is 2.42 bits per heavy atom. The summed E-state index contributed by atoms with van der Waals surface area (Å²) >= 11 is 0. The number of phenols is 1. The molecule has 200 valence electrons. The Morgan fingerprint density at radius 2 is 1.79 bits per heavy atom. The number of allylic oxidation sites excluding steroid dienone is 1. The molecule has 8 heteroatoms. The van der Waals surface area contributed by atoms with E-state index in [-0.39, 0.29) is 24.5 Å². The molecule has 3 N–H and O–H groups in total. The lowest BCUT2D eigenvalue weighted by atomic mass is 9.93.